The number of carbonyl (C=O) groups excluding carboxylic acids is 3. The van der Waals surface area contributed by atoms with Gasteiger partial charge in [-0.05, 0) is 61.9 Å². The maximum Gasteiger partial charge on any atom is 0.329 e. The number of hydrazone groups is 1. The number of ether oxygens (including phenoxy) is 2. The molecule has 0 atom stereocenters. The zero-order valence-electron chi connectivity index (χ0n) is 17.3. The molecule has 0 aliphatic heterocycles. The third kappa shape index (κ3) is 8.09. The molecule has 0 heterocycles. The Balaban J connectivity index is 1.91. The minimum Gasteiger partial charge on any atom is -0.493 e. The molecule has 0 spiro atoms. The van der Waals surface area contributed by atoms with Gasteiger partial charge in [0.2, 0.25) is 0 Å². The van der Waals surface area contributed by atoms with Crippen molar-refractivity contribution >= 4 is 45.6 Å². The SMILES string of the molecule is COc1cc(/C=N\NC(=O)C(=O)NC(C)C)ccc1OCC(=O)Nc1ccc(Br)cc1. The molecule has 0 aliphatic carbocycles. The predicted octanol–water partition coefficient (Wildman–Crippen LogP) is 2.45. The summed E-state index contributed by atoms with van der Waals surface area (Å²) in [5.74, 6) is -1.21. The van der Waals surface area contributed by atoms with Gasteiger partial charge >= 0.3 is 11.8 Å². The second-order valence-corrected chi connectivity index (χ2v) is 7.50. The average Bonchev–Trinajstić information content (AvgIpc) is 2.73. The highest BCUT2D eigenvalue weighted by atomic mass is 79.9. The normalized spacial score (nSPS) is 10.6. The molecule has 0 fully saturated rings. The fourth-order valence-corrected chi connectivity index (χ4v) is 2.57. The largest absolute Gasteiger partial charge is 0.493 e. The maximum atomic E-state index is 12.1. The van der Waals surface area contributed by atoms with Gasteiger partial charge in [0.25, 0.3) is 5.91 Å². The van der Waals surface area contributed by atoms with Gasteiger partial charge in [-0.15, -0.1) is 0 Å². The third-order valence-corrected chi connectivity index (χ3v) is 4.21. The van der Waals surface area contributed by atoms with E-state index in [0.29, 0.717) is 22.7 Å². The van der Waals surface area contributed by atoms with Crippen molar-refractivity contribution in [3.05, 3.63) is 52.5 Å². The fraction of sp³-hybridized carbons (Fsp3) is 0.238. The van der Waals surface area contributed by atoms with Crippen LogP contribution in [0.4, 0.5) is 5.69 Å². The number of methoxy groups -OCH3 is 1. The lowest BCUT2D eigenvalue weighted by atomic mass is 10.2. The van der Waals surface area contributed by atoms with Crippen LogP contribution in [0.5, 0.6) is 11.5 Å². The van der Waals surface area contributed by atoms with Crippen LogP contribution in [-0.4, -0.2) is 43.7 Å². The molecule has 0 bridgehead atoms. The molecular formula is C21H23BrN4O5. The first-order valence-electron chi connectivity index (χ1n) is 9.28. The van der Waals surface area contributed by atoms with Gasteiger partial charge in [0.05, 0.1) is 13.3 Å². The summed E-state index contributed by atoms with van der Waals surface area (Å²) in [5, 5.41) is 8.94. The lowest BCUT2D eigenvalue weighted by Crippen LogP contribution is -2.41. The lowest BCUT2D eigenvalue weighted by Gasteiger charge is -2.11. The van der Waals surface area contributed by atoms with Crippen LogP contribution in [0.1, 0.15) is 19.4 Å². The highest BCUT2D eigenvalue weighted by Crippen LogP contribution is 2.27. The molecule has 0 saturated carbocycles. The molecule has 0 aromatic heterocycles. The van der Waals surface area contributed by atoms with Crippen molar-refractivity contribution in [2.24, 2.45) is 5.10 Å². The van der Waals surface area contributed by atoms with Gasteiger partial charge in [0.15, 0.2) is 18.1 Å². The van der Waals surface area contributed by atoms with Gasteiger partial charge in [0, 0.05) is 16.2 Å². The van der Waals surface area contributed by atoms with E-state index in [1.165, 1.54) is 13.3 Å². The van der Waals surface area contributed by atoms with Crippen LogP contribution in [0.2, 0.25) is 0 Å². The van der Waals surface area contributed by atoms with Gasteiger partial charge in [-0.2, -0.15) is 5.10 Å². The Morgan fingerprint density at radius 2 is 1.77 bits per heavy atom. The van der Waals surface area contributed by atoms with E-state index in [2.05, 4.69) is 37.1 Å². The first-order valence-corrected chi connectivity index (χ1v) is 10.1. The highest BCUT2D eigenvalue weighted by molar-refractivity contribution is 9.10. The van der Waals surface area contributed by atoms with Gasteiger partial charge < -0.3 is 20.1 Å². The zero-order chi connectivity index (χ0) is 22.8. The molecule has 3 N–H and O–H groups in total. The molecule has 2 aromatic carbocycles. The fourth-order valence-electron chi connectivity index (χ4n) is 2.30. The Kier molecular flexibility index (Phi) is 9.01. The van der Waals surface area contributed by atoms with E-state index in [-0.39, 0.29) is 18.6 Å². The summed E-state index contributed by atoms with van der Waals surface area (Å²) < 4.78 is 11.7. The lowest BCUT2D eigenvalue weighted by molar-refractivity contribution is -0.139. The molecule has 3 amide bonds. The number of rotatable bonds is 8. The Hall–Kier alpha value is -3.40. The molecule has 164 valence electrons. The molecular weight excluding hydrogens is 468 g/mol. The minimum absolute atomic E-state index is 0.156. The first-order chi connectivity index (χ1) is 14.8. The summed E-state index contributed by atoms with van der Waals surface area (Å²) >= 11 is 3.33. The number of benzene rings is 2. The zero-order valence-corrected chi connectivity index (χ0v) is 18.9. The van der Waals surface area contributed by atoms with E-state index < -0.39 is 11.8 Å². The number of hydrogen-bond acceptors (Lipinski definition) is 6. The van der Waals surface area contributed by atoms with Crippen LogP contribution in [-0.2, 0) is 14.4 Å². The van der Waals surface area contributed by atoms with Crippen LogP contribution in [0.15, 0.2) is 52.0 Å². The molecule has 0 unspecified atom stereocenters. The van der Waals surface area contributed by atoms with Crippen molar-refractivity contribution in [1.29, 1.82) is 0 Å². The number of hydrogen-bond donors (Lipinski definition) is 3. The molecule has 2 rings (SSSR count). The van der Waals surface area contributed by atoms with Crippen molar-refractivity contribution < 1.29 is 23.9 Å². The summed E-state index contributed by atoms with van der Waals surface area (Å²) in [5.41, 5.74) is 3.39. The topological polar surface area (TPSA) is 118 Å². The van der Waals surface area contributed by atoms with Gasteiger partial charge in [-0.25, -0.2) is 5.43 Å². The number of halogens is 1. The Morgan fingerprint density at radius 3 is 2.42 bits per heavy atom. The molecule has 0 saturated heterocycles. The maximum absolute atomic E-state index is 12.1. The smallest absolute Gasteiger partial charge is 0.329 e. The van der Waals surface area contributed by atoms with E-state index in [4.69, 9.17) is 9.47 Å². The second kappa shape index (κ2) is 11.7. The summed E-state index contributed by atoms with van der Waals surface area (Å²) in [6, 6.07) is 11.9. The number of anilines is 1. The van der Waals surface area contributed by atoms with E-state index in [1.807, 2.05) is 12.1 Å². The Morgan fingerprint density at radius 1 is 1.06 bits per heavy atom. The summed E-state index contributed by atoms with van der Waals surface area (Å²) in [7, 11) is 1.46. The predicted molar refractivity (Wildman–Crippen MR) is 120 cm³/mol. The van der Waals surface area contributed by atoms with E-state index >= 15 is 0 Å². The monoisotopic (exact) mass is 490 g/mol. The molecule has 0 aliphatic rings. The van der Waals surface area contributed by atoms with Crippen molar-refractivity contribution in [3.63, 3.8) is 0 Å². The molecule has 9 nitrogen and oxygen atoms in total. The van der Waals surface area contributed by atoms with Crippen LogP contribution in [0.3, 0.4) is 0 Å². The minimum atomic E-state index is -0.867. The van der Waals surface area contributed by atoms with Gasteiger partial charge in [-0.1, -0.05) is 15.9 Å². The van der Waals surface area contributed by atoms with Crippen LogP contribution in [0.25, 0.3) is 0 Å². The first kappa shape index (κ1) is 23.9. The molecule has 0 radical (unpaired) electrons. The third-order valence-electron chi connectivity index (χ3n) is 3.68. The van der Waals surface area contributed by atoms with Crippen molar-refractivity contribution in [3.8, 4) is 11.5 Å². The van der Waals surface area contributed by atoms with Crippen molar-refractivity contribution in [2.45, 2.75) is 19.9 Å². The molecule has 31 heavy (non-hydrogen) atoms. The summed E-state index contributed by atoms with van der Waals surface area (Å²) in [6.45, 7) is 3.28. The Labute approximate surface area is 188 Å². The standard InChI is InChI=1S/C21H23BrN4O5/c1-13(2)24-20(28)21(29)26-23-11-14-4-9-17(18(10-14)30-3)31-12-19(27)25-16-7-5-15(22)6-8-16/h4-11,13H,12H2,1-3H3,(H,24,28)(H,25,27)(H,26,29)/b23-11-. The second-order valence-electron chi connectivity index (χ2n) is 6.58. The van der Waals surface area contributed by atoms with Gasteiger partial charge in [-0.3, -0.25) is 14.4 Å². The number of nitrogens with one attached hydrogen (secondary N) is 3. The van der Waals surface area contributed by atoms with Crippen LogP contribution < -0.4 is 25.5 Å². The van der Waals surface area contributed by atoms with E-state index in [9.17, 15) is 14.4 Å². The number of carbonyl (C=O) groups is 3. The van der Waals surface area contributed by atoms with Crippen molar-refractivity contribution in [2.75, 3.05) is 19.0 Å². The molecule has 2 aromatic rings. The number of nitrogens with zero attached hydrogens (tertiary/aromatic N) is 1. The van der Waals surface area contributed by atoms with E-state index in [1.54, 1.807) is 44.2 Å². The highest BCUT2D eigenvalue weighted by Gasteiger charge is 2.13. The average molecular weight is 491 g/mol. The quantitative estimate of drug-likeness (QED) is 0.298. The van der Waals surface area contributed by atoms with E-state index in [0.717, 1.165) is 4.47 Å². The van der Waals surface area contributed by atoms with Crippen molar-refractivity contribution in [1.82, 2.24) is 10.7 Å². The Bertz CT molecular complexity index is 961. The summed E-state index contributed by atoms with van der Waals surface area (Å²) in [6.07, 6.45) is 1.35. The number of amides is 3. The van der Waals surface area contributed by atoms with Gasteiger partial charge in [0.1, 0.15) is 0 Å². The van der Waals surface area contributed by atoms with Crippen LogP contribution >= 0.6 is 15.9 Å². The molecule has 10 heteroatoms. The van der Waals surface area contributed by atoms with Crippen LogP contribution in [0, 0.1) is 0 Å². The summed E-state index contributed by atoms with van der Waals surface area (Å²) in [4.78, 5) is 35.2.